The predicted molar refractivity (Wildman–Crippen MR) is 97.4 cm³/mol. The molecule has 1 nitrogen and oxygen atoms in total. The van der Waals surface area contributed by atoms with Gasteiger partial charge in [-0.25, -0.2) is 0 Å². The molecule has 1 N–H and O–H groups in total. The van der Waals surface area contributed by atoms with Crippen LogP contribution in [0.4, 0.5) is 0 Å². The van der Waals surface area contributed by atoms with Gasteiger partial charge in [-0.2, -0.15) is 0 Å². The van der Waals surface area contributed by atoms with E-state index in [1.54, 1.807) is 5.57 Å². The zero-order chi connectivity index (χ0) is 16.2. The van der Waals surface area contributed by atoms with E-state index < -0.39 is 6.10 Å². The molecular weight excluding hydrogens is 280 g/mol. The number of aliphatic hydroxyl groups excluding tert-OH is 1. The average Bonchev–Trinajstić information content (AvgIpc) is 2.52. The van der Waals surface area contributed by atoms with Crippen LogP contribution in [-0.4, -0.2) is 5.11 Å². The van der Waals surface area contributed by atoms with Gasteiger partial charge in [-0.05, 0) is 70.7 Å². The van der Waals surface area contributed by atoms with Gasteiger partial charge in [0.15, 0.2) is 0 Å². The summed E-state index contributed by atoms with van der Waals surface area (Å²) in [4.78, 5) is 0. The minimum atomic E-state index is -0.409. The van der Waals surface area contributed by atoms with E-state index >= 15 is 0 Å². The molecule has 0 amide bonds. The first-order chi connectivity index (χ1) is 10.9. The molecule has 0 heterocycles. The van der Waals surface area contributed by atoms with Crippen molar-refractivity contribution in [1.82, 2.24) is 0 Å². The molecule has 4 rings (SSSR count). The summed E-state index contributed by atoms with van der Waals surface area (Å²) < 4.78 is 0. The molecule has 2 aromatic carbocycles. The number of aliphatic hydroxyl groups is 1. The number of rotatable bonds is 1. The van der Waals surface area contributed by atoms with Crippen molar-refractivity contribution in [3.8, 4) is 0 Å². The molecule has 2 aromatic rings. The normalized spacial score (nSPS) is 20.3. The zero-order valence-electron chi connectivity index (χ0n) is 14.2. The highest BCUT2D eigenvalue weighted by molar-refractivity contribution is 5.94. The fraction of sp³-hybridized carbons (Fsp3) is 0.364. The van der Waals surface area contributed by atoms with Crippen LogP contribution in [0.5, 0.6) is 0 Å². The highest BCUT2D eigenvalue weighted by atomic mass is 16.3. The summed E-state index contributed by atoms with van der Waals surface area (Å²) in [6.45, 7) is 6.47. The van der Waals surface area contributed by atoms with E-state index in [1.165, 1.54) is 40.3 Å². The molecule has 0 aliphatic heterocycles. The van der Waals surface area contributed by atoms with Crippen LogP contribution in [0.3, 0.4) is 0 Å². The third-order valence-electron chi connectivity index (χ3n) is 5.36. The van der Waals surface area contributed by atoms with Crippen molar-refractivity contribution in [2.75, 3.05) is 0 Å². The van der Waals surface area contributed by atoms with E-state index in [-0.39, 0.29) is 0 Å². The van der Waals surface area contributed by atoms with Crippen LogP contribution in [0.2, 0.25) is 0 Å². The van der Waals surface area contributed by atoms with E-state index in [4.69, 9.17) is 0 Å². The molecule has 0 fully saturated rings. The molecule has 2 aliphatic carbocycles. The molecule has 0 saturated heterocycles. The summed E-state index contributed by atoms with van der Waals surface area (Å²) >= 11 is 0. The van der Waals surface area contributed by atoms with Crippen LogP contribution in [0.1, 0.15) is 56.4 Å². The monoisotopic (exact) mass is 304 g/mol. The molecule has 23 heavy (non-hydrogen) atoms. The number of allylic oxidation sites excluding steroid dienone is 4. The Hall–Kier alpha value is -1.86. The Bertz CT molecular complexity index is 850. The molecule has 0 aromatic heterocycles. The van der Waals surface area contributed by atoms with Crippen LogP contribution in [0, 0.1) is 5.41 Å². The van der Waals surface area contributed by atoms with Gasteiger partial charge in [0.2, 0.25) is 0 Å². The number of hydrogen-bond donors (Lipinski definition) is 1. The molecule has 0 saturated carbocycles. The molecule has 0 bridgehead atoms. The number of aryl methyl sites for hydroxylation is 1. The van der Waals surface area contributed by atoms with Gasteiger partial charge >= 0.3 is 0 Å². The van der Waals surface area contributed by atoms with Crippen molar-refractivity contribution in [3.63, 3.8) is 0 Å². The van der Waals surface area contributed by atoms with Gasteiger partial charge < -0.3 is 5.11 Å². The first-order valence-electron chi connectivity index (χ1n) is 8.60. The Balaban J connectivity index is 1.87. The highest BCUT2D eigenvalue weighted by Crippen LogP contribution is 2.44. The maximum absolute atomic E-state index is 9.81. The fourth-order valence-corrected chi connectivity index (χ4v) is 4.10. The Morgan fingerprint density at radius 2 is 1.91 bits per heavy atom. The lowest BCUT2D eigenvalue weighted by molar-refractivity contribution is 0.199. The van der Waals surface area contributed by atoms with Gasteiger partial charge in [-0.15, -0.1) is 0 Å². The third-order valence-corrected chi connectivity index (χ3v) is 5.36. The van der Waals surface area contributed by atoms with E-state index in [0.29, 0.717) is 5.41 Å². The van der Waals surface area contributed by atoms with Crippen LogP contribution in [0.25, 0.3) is 16.3 Å². The average molecular weight is 304 g/mol. The Morgan fingerprint density at radius 3 is 2.70 bits per heavy atom. The van der Waals surface area contributed by atoms with Crippen LogP contribution < -0.4 is 0 Å². The number of fused-ring (bicyclic) bond motifs is 4. The smallest absolute Gasteiger partial charge is 0.0762 e. The van der Waals surface area contributed by atoms with Crippen molar-refractivity contribution in [1.29, 1.82) is 0 Å². The van der Waals surface area contributed by atoms with Crippen molar-refractivity contribution < 1.29 is 5.11 Å². The van der Waals surface area contributed by atoms with Gasteiger partial charge in [0.1, 0.15) is 0 Å². The predicted octanol–water partition coefficient (Wildman–Crippen LogP) is 5.58. The van der Waals surface area contributed by atoms with Crippen LogP contribution >= 0.6 is 0 Å². The van der Waals surface area contributed by atoms with E-state index in [1.807, 2.05) is 6.92 Å². The quantitative estimate of drug-likeness (QED) is 0.729. The van der Waals surface area contributed by atoms with Gasteiger partial charge in [0, 0.05) is 0 Å². The summed E-state index contributed by atoms with van der Waals surface area (Å²) in [5.41, 5.74) is 7.24. The Labute approximate surface area is 138 Å². The second-order valence-corrected chi connectivity index (χ2v) is 7.76. The lowest BCUT2D eigenvalue weighted by Gasteiger charge is -2.32. The summed E-state index contributed by atoms with van der Waals surface area (Å²) in [5, 5.41) is 12.4. The summed E-state index contributed by atoms with van der Waals surface area (Å²) in [6, 6.07) is 10.9. The molecule has 0 radical (unpaired) electrons. The van der Waals surface area contributed by atoms with Crippen LogP contribution in [0.15, 0.2) is 48.1 Å². The highest BCUT2D eigenvalue weighted by Gasteiger charge is 2.27. The van der Waals surface area contributed by atoms with E-state index in [2.05, 4.69) is 56.3 Å². The molecule has 1 atom stereocenters. The van der Waals surface area contributed by atoms with Gasteiger partial charge in [-0.3, -0.25) is 0 Å². The van der Waals surface area contributed by atoms with Crippen LogP contribution in [-0.2, 0) is 6.42 Å². The maximum atomic E-state index is 9.81. The van der Waals surface area contributed by atoms with Crippen molar-refractivity contribution >= 4 is 16.3 Å². The van der Waals surface area contributed by atoms with E-state index in [0.717, 1.165) is 12.0 Å². The van der Waals surface area contributed by atoms with Gasteiger partial charge in [-0.1, -0.05) is 55.8 Å². The van der Waals surface area contributed by atoms with Crippen molar-refractivity contribution in [2.24, 2.45) is 5.41 Å². The van der Waals surface area contributed by atoms with E-state index in [9.17, 15) is 5.11 Å². The minimum Gasteiger partial charge on any atom is -0.389 e. The number of benzene rings is 2. The first kappa shape index (κ1) is 14.7. The molecular formula is C22H24O. The number of hydrogen-bond acceptors (Lipinski definition) is 1. The molecule has 1 heteroatoms. The largest absolute Gasteiger partial charge is 0.389 e. The Kier molecular flexibility index (Phi) is 3.24. The van der Waals surface area contributed by atoms with Gasteiger partial charge in [0.05, 0.1) is 6.10 Å². The summed E-state index contributed by atoms with van der Waals surface area (Å²) in [6.07, 6.45) is 7.77. The second-order valence-electron chi connectivity index (χ2n) is 7.76. The lowest BCUT2D eigenvalue weighted by Crippen LogP contribution is -2.17. The lowest BCUT2D eigenvalue weighted by atomic mass is 9.72. The van der Waals surface area contributed by atoms with Crippen molar-refractivity contribution in [3.05, 3.63) is 64.7 Å². The topological polar surface area (TPSA) is 20.2 Å². The minimum absolute atomic E-state index is 0.291. The summed E-state index contributed by atoms with van der Waals surface area (Å²) in [5.74, 6) is 0. The Morgan fingerprint density at radius 1 is 1.09 bits per heavy atom. The van der Waals surface area contributed by atoms with Crippen molar-refractivity contribution in [2.45, 2.75) is 46.1 Å². The third kappa shape index (κ3) is 2.44. The fourth-order valence-electron chi connectivity index (χ4n) is 4.10. The molecule has 2 aliphatic rings. The SMILES string of the molecule is CC(O)c1ccc2c3c(ccc2c1)C1=C(CC3)CC(C)(C)C=C1. The maximum Gasteiger partial charge on any atom is 0.0762 e. The summed E-state index contributed by atoms with van der Waals surface area (Å²) in [7, 11) is 0. The first-order valence-corrected chi connectivity index (χ1v) is 8.60. The molecule has 1 unspecified atom stereocenters. The standard InChI is InChI=1S/C22H24O/c1-14(23)15-4-7-18-16(12-15)5-8-21-19-10-11-22(2,3)13-17(19)6-9-20(18)21/h4-5,7-8,10-12,14,23H,6,9,13H2,1-3H3. The molecule has 118 valence electrons. The van der Waals surface area contributed by atoms with Gasteiger partial charge in [0.25, 0.3) is 0 Å². The second kappa shape index (κ2) is 5.07. The molecule has 0 spiro atoms. The zero-order valence-corrected chi connectivity index (χ0v) is 14.2.